The Labute approximate surface area is 136 Å². The molecule has 23 heavy (non-hydrogen) atoms. The van der Waals surface area contributed by atoms with Crippen LogP contribution in [0, 0.1) is 5.41 Å². The van der Waals surface area contributed by atoms with Crippen molar-refractivity contribution >= 4 is 5.84 Å². The van der Waals surface area contributed by atoms with Gasteiger partial charge in [-0.15, -0.1) is 0 Å². The van der Waals surface area contributed by atoms with Gasteiger partial charge in [-0.05, 0) is 20.8 Å². The minimum atomic E-state index is -0.931. The number of ether oxygens (including phenoxy) is 1. The van der Waals surface area contributed by atoms with Gasteiger partial charge in [-0.2, -0.15) is 0 Å². The van der Waals surface area contributed by atoms with Gasteiger partial charge in [0, 0.05) is 12.2 Å². The lowest BCUT2D eigenvalue weighted by molar-refractivity contribution is 0.0574. The van der Waals surface area contributed by atoms with Gasteiger partial charge in [-0.1, -0.05) is 30.3 Å². The van der Waals surface area contributed by atoms with Gasteiger partial charge in [0.1, 0.15) is 24.0 Å². The van der Waals surface area contributed by atoms with Crippen LogP contribution in [-0.2, 0) is 17.9 Å². The molecule has 4 N–H and O–H groups in total. The molecule has 1 aromatic heterocycles. The first kappa shape index (κ1) is 17.2. The summed E-state index contributed by atoms with van der Waals surface area (Å²) in [5, 5.41) is 18.1. The molecule has 0 saturated carbocycles. The molecule has 0 spiro atoms. The largest absolute Gasteiger partial charge is 0.389 e. The van der Waals surface area contributed by atoms with Gasteiger partial charge in [0.2, 0.25) is 0 Å². The van der Waals surface area contributed by atoms with E-state index in [9.17, 15) is 5.11 Å². The zero-order valence-electron chi connectivity index (χ0n) is 13.8. The highest BCUT2D eigenvalue weighted by atomic mass is 16.5. The molecule has 0 radical (unpaired) electrons. The van der Waals surface area contributed by atoms with Crippen LogP contribution in [0.3, 0.4) is 0 Å². The SMILES string of the molecule is CCOCc1nc(C(=N)N)c(-c2ccccc2)n1CC(C)(C)O. The Morgan fingerprint density at radius 1 is 1.35 bits per heavy atom. The third-order valence-electron chi connectivity index (χ3n) is 3.33. The molecule has 0 saturated heterocycles. The smallest absolute Gasteiger partial charge is 0.144 e. The lowest BCUT2D eigenvalue weighted by atomic mass is 10.1. The summed E-state index contributed by atoms with van der Waals surface area (Å²) < 4.78 is 7.37. The van der Waals surface area contributed by atoms with Crippen LogP contribution in [-0.4, -0.2) is 32.7 Å². The van der Waals surface area contributed by atoms with Gasteiger partial charge in [0.15, 0.2) is 0 Å². The summed E-state index contributed by atoms with van der Waals surface area (Å²) >= 11 is 0. The van der Waals surface area contributed by atoms with Crippen molar-refractivity contribution in [1.29, 1.82) is 5.41 Å². The predicted molar refractivity (Wildman–Crippen MR) is 90.3 cm³/mol. The van der Waals surface area contributed by atoms with E-state index in [-0.39, 0.29) is 5.84 Å². The van der Waals surface area contributed by atoms with Crippen molar-refractivity contribution in [2.75, 3.05) is 6.61 Å². The Bertz CT molecular complexity index is 672. The maximum absolute atomic E-state index is 10.3. The Morgan fingerprint density at radius 2 is 2.00 bits per heavy atom. The van der Waals surface area contributed by atoms with E-state index in [1.54, 1.807) is 13.8 Å². The Balaban J connectivity index is 2.63. The number of nitrogen functional groups attached to an aromatic ring is 1. The van der Waals surface area contributed by atoms with E-state index >= 15 is 0 Å². The molecular formula is C17H24N4O2. The van der Waals surface area contributed by atoms with E-state index in [1.165, 1.54) is 0 Å². The number of nitrogens with two attached hydrogens (primary N) is 1. The minimum absolute atomic E-state index is 0.101. The number of benzene rings is 1. The summed E-state index contributed by atoms with van der Waals surface area (Å²) in [7, 11) is 0. The van der Waals surface area contributed by atoms with Crippen LogP contribution in [0.2, 0.25) is 0 Å². The highest BCUT2D eigenvalue weighted by molar-refractivity contribution is 5.99. The fourth-order valence-electron chi connectivity index (χ4n) is 2.44. The summed E-state index contributed by atoms with van der Waals surface area (Å²) in [4.78, 5) is 4.49. The van der Waals surface area contributed by atoms with Gasteiger partial charge in [0.25, 0.3) is 0 Å². The molecule has 0 amide bonds. The van der Waals surface area contributed by atoms with E-state index in [1.807, 2.05) is 41.8 Å². The lowest BCUT2D eigenvalue weighted by Gasteiger charge is -2.22. The van der Waals surface area contributed by atoms with E-state index in [0.29, 0.717) is 31.3 Å². The van der Waals surface area contributed by atoms with Crippen molar-refractivity contribution < 1.29 is 9.84 Å². The quantitative estimate of drug-likeness (QED) is 0.538. The van der Waals surface area contributed by atoms with Gasteiger partial charge < -0.3 is 20.1 Å². The number of imidazole rings is 1. The highest BCUT2D eigenvalue weighted by Gasteiger charge is 2.24. The number of rotatable bonds is 7. The van der Waals surface area contributed by atoms with E-state index in [4.69, 9.17) is 15.9 Å². The molecule has 0 aliphatic heterocycles. The number of amidine groups is 1. The zero-order chi connectivity index (χ0) is 17.0. The summed E-state index contributed by atoms with van der Waals surface area (Å²) in [6.07, 6.45) is 0. The molecule has 2 rings (SSSR count). The summed E-state index contributed by atoms with van der Waals surface area (Å²) in [5.41, 5.74) is 6.84. The second-order valence-corrected chi connectivity index (χ2v) is 6.04. The normalized spacial score (nSPS) is 11.7. The molecule has 124 valence electrons. The summed E-state index contributed by atoms with van der Waals surface area (Å²) in [5.74, 6) is 0.550. The lowest BCUT2D eigenvalue weighted by Crippen LogP contribution is -2.28. The molecule has 0 aliphatic carbocycles. The van der Waals surface area contributed by atoms with Crippen molar-refractivity contribution in [3.63, 3.8) is 0 Å². The second-order valence-electron chi connectivity index (χ2n) is 6.04. The average molecular weight is 316 g/mol. The summed E-state index contributed by atoms with van der Waals surface area (Å²) in [6, 6.07) is 9.64. The molecule has 0 aliphatic rings. The monoisotopic (exact) mass is 316 g/mol. The van der Waals surface area contributed by atoms with Crippen LogP contribution in [0.15, 0.2) is 30.3 Å². The molecular weight excluding hydrogens is 292 g/mol. The Kier molecular flexibility index (Phi) is 5.18. The molecule has 1 aromatic carbocycles. The van der Waals surface area contributed by atoms with E-state index in [0.717, 1.165) is 11.3 Å². The molecule has 6 heteroatoms. The van der Waals surface area contributed by atoms with E-state index in [2.05, 4.69) is 4.98 Å². The van der Waals surface area contributed by atoms with Crippen molar-refractivity contribution in [3.05, 3.63) is 41.9 Å². The van der Waals surface area contributed by atoms with Crippen LogP contribution in [0.5, 0.6) is 0 Å². The van der Waals surface area contributed by atoms with Gasteiger partial charge >= 0.3 is 0 Å². The van der Waals surface area contributed by atoms with Gasteiger partial charge in [-0.3, -0.25) is 5.41 Å². The number of aliphatic hydroxyl groups is 1. The first-order valence-corrected chi connectivity index (χ1v) is 7.63. The Morgan fingerprint density at radius 3 is 2.52 bits per heavy atom. The number of aromatic nitrogens is 2. The highest BCUT2D eigenvalue weighted by Crippen LogP contribution is 2.27. The second kappa shape index (κ2) is 6.93. The average Bonchev–Trinajstić information content (AvgIpc) is 2.83. The van der Waals surface area contributed by atoms with E-state index < -0.39 is 5.60 Å². The van der Waals surface area contributed by atoms with Crippen molar-refractivity contribution in [2.24, 2.45) is 5.73 Å². The van der Waals surface area contributed by atoms with Crippen LogP contribution in [0.1, 0.15) is 32.3 Å². The number of nitrogens with zero attached hydrogens (tertiary/aromatic N) is 2. The predicted octanol–water partition coefficient (Wildman–Crippen LogP) is 2.14. The number of hydrogen-bond acceptors (Lipinski definition) is 4. The fourth-order valence-corrected chi connectivity index (χ4v) is 2.44. The maximum Gasteiger partial charge on any atom is 0.144 e. The molecule has 2 aromatic rings. The standard InChI is InChI=1S/C17H24N4O2/c1-4-23-10-13-20-14(16(18)19)15(12-8-6-5-7-9-12)21(13)11-17(2,3)22/h5-9,22H,4,10-11H2,1-3H3,(H3,18,19). The van der Waals surface area contributed by atoms with Crippen LogP contribution in [0.4, 0.5) is 0 Å². The first-order chi connectivity index (χ1) is 10.8. The first-order valence-electron chi connectivity index (χ1n) is 7.63. The van der Waals surface area contributed by atoms with Gasteiger partial charge in [-0.25, -0.2) is 4.98 Å². The van der Waals surface area contributed by atoms with Crippen molar-refractivity contribution in [3.8, 4) is 11.3 Å². The maximum atomic E-state index is 10.3. The number of nitrogens with one attached hydrogen (secondary N) is 1. The zero-order valence-corrected chi connectivity index (χ0v) is 13.8. The minimum Gasteiger partial charge on any atom is -0.389 e. The van der Waals surface area contributed by atoms with Gasteiger partial charge in [0.05, 0.1) is 17.8 Å². The van der Waals surface area contributed by atoms with Crippen molar-refractivity contribution in [2.45, 2.75) is 39.5 Å². The number of hydrogen-bond donors (Lipinski definition) is 3. The molecule has 6 nitrogen and oxygen atoms in total. The molecule has 0 fully saturated rings. The van der Waals surface area contributed by atoms with Crippen LogP contribution >= 0.6 is 0 Å². The molecule has 0 bridgehead atoms. The Hall–Kier alpha value is -2.18. The summed E-state index contributed by atoms with van der Waals surface area (Å²) in [6.45, 7) is 6.58. The third kappa shape index (κ3) is 4.18. The van der Waals surface area contributed by atoms with Crippen LogP contribution in [0.25, 0.3) is 11.3 Å². The topological polar surface area (TPSA) is 97.1 Å². The molecule has 0 unspecified atom stereocenters. The molecule has 0 atom stereocenters. The van der Waals surface area contributed by atoms with Crippen molar-refractivity contribution in [1.82, 2.24) is 9.55 Å². The third-order valence-corrected chi connectivity index (χ3v) is 3.33. The van der Waals surface area contributed by atoms with Crippen LogP contribution < -0.4 is 5.73 Å². The fraction of sp³-hybridized carbons (Fsp3) is 0.412. The molecule has 1 heterocycles.